The number of aromatic nitrogens is 1. The number of fused-ring (bicyclic) bond motifs is 1. The first-order valence-corrected chi connectivity index (χ1v) is 7.10. The second-order valence-corrected chi connectivity index (χ2v) is 5.85. The van der Waals surface area contributed by atoms with Crippen molar-refractivity contribution in [3.8, 4) is 0 Å². The van der Waals surface area contributed by atoms with Gasteiger partial charge in [-0.05, 0) is 24.4 Å². The molecule has 102 valence electrons. The van der Waals surface area contributed by atoms with Crippen LogP contribution in [0.15, 0.2) is 41.1 Å². The number of rotatable bonds is 3. The topological polar surface area (TPSA) is 46.3 Å². The van der Waals surface area contributed by atoms with Crippen molar-refractivity contribution in [1.29, 1.82) is 0 Å². The Morgan fingerprint density at radius 2 is 2.20 bits per heavy atom. The van der Waals surface area contributed by atoms with Crippen LogP contribution >= 0.6 is 11.3 Å². The average Bonchev–Trinajstić information content (AvgIpc) is 3.03. The highest BCUT2D eigenvalue weighted by Crippen LogP contribution is 2.26. The zero-order valence-corrected chi connectivity index (χ0v) is 12.1. The van der Waals surface area contributed by atoms with Crippen LogP contribution in [0.5, 0.6) is 0 Å². The number of nitrogens with zero attached hydrogens (tertiary/aromatic N) is 2. The summed E-state index contributed by atoms with van der Waals surface area (Å²) in [6.45, 7) is 2.34. The summed E-state index contributed by atoms with van der Waals surface area (Å²) in [5.41, 5.74) is 0.623. The number of thiophene rings is 1. The van der Waals surface area contributed by atoms with Crippen LogP contribution in [0.1, 0.15) is 21.1 Å². The molecule has 0 saturated carbocycles. The molecule has 3 rings (SSSR count). The molecule has 0 radical (unpaired) electrons. The van der Waals surface area contributed by atoms with Crippen LogP contribution in [0.4, 0.5) is 0 Å². The van der Waals surface area contributed by atoms with Gasteiger partial charge in [-0.1, -0.05) is 18.2 Å². The van der Waals surface area contributed by atoms with Crippen LogP contribution in [0, 0.1) is 6.92 Å². The highest BCUT2D eigenvalue weighted by Gasteiger charge is 2.19. The number of carbonyl (C=O) groups is 1. The Labute approximate surface area is 120 Å². The fraction of sp³-hybridized carbons (Fsp3) is 0.200. The van der Waals surface area contributed by atoms with E-state index in [0.717, 1.165) is 4.88 Å². The zero-order chi connectivity index (χ0) is 14.1. The predicted molar refractivity (Wildman–Crippen MR) is 78.9 cm³/mol. The fourth-order valence-electron chi connectivity index (χ4n) is 2.10. The van der Waals surface area contributed by atoms with E-state index in [0.29, 0.717) is 18.0 Å². The molecular formula is C15H14N2O2S. The van der Waals surface area contributed by atoms with Crippen molar-refractivity contribution in [2.45, 2.75) is 13.5 Å². The van der Waals surface area contributed by atoms with E-state index < -0.39 is 0 Å². The normalized spacial score (nSPS) is 10.9. The Kier molecular flexibility index (Phi) is 3.28. The van der Waals surface area contributed by atoms with Gasteiger partial charge < -0.3 is 9.32 Å². The molecule has 0 aliphatic carbocycles. The number of aryl methyl sites for hydroxylation is 1. The molecule has 0 aliphatic rings. The van der Waals surface area contributed by atoms with Crippen LogP contribution in [0.25, 0.3) is 10.1 Å². The first-order chi connectivity index (χ1) is 9.65. The first kappa shape index (κ1) is 12.9. The van der Waals surface area contributed by atoms with Crippen molar-refractivity contribution >= 4 is 27.3 Å². The van der Waals surface area contributed by atoms with Gasteiger partial charge in [0, 0.05) is 16.6 Å². The Morgan fingerprint density at radius 3 is 2.90 bits per heavy atom. The maximum Gasteiger partial charge on any atom is 0.291 e. The van der Waals surface area contributed by atoms with E-state index in [1.807, 2.05) is 12.1 Å². The van der Waals surface area contributed by atoms with Crippen LogP contribution in [0.3, 0.4) is 0 Å². The number of amides is 1. The summed E-state index contributed by atoms with van der Waals surface area (Å²) >= 11 is 1.70. The van der Waals surface area contributed by atoms with E-state index in [4.69, 9.17) is 4.42 Å². The number of carbonyl (C=O) groups excluding carboxylic acids is 1. The van der Waals surface area contributed by atoms with Gasteiger partial charge in [-0.15, -0.1) is 11.3 Å². The molecule has 0 spiro atoms. The number of benzene rings is 1. The Morgan fingerprint density at radius 1 is 1.40 bits per heavy atom. The van der Waals surface area contributed by atoms with Crippen molar-refractivity contribution in [3.63, 3.8) is 0 Å². The van der Waals surface area contributed by atoms with Crippen molar-refractivity contribution in [1.82, 2.24) is 9.88 Å². The largest absolute Gasteiger partial charge is 0.438 e. The van der Waals surface area contributed by atoms with E-state index in [1.165, 1.54) is 16.5 Å². The molecule has 1 amide bonds. The lowest BCUT2D eigenvalue weighted by Gasteiger charge is -2.14. The Balaban J connectivity index is 1.80. The number of hydrogen-bond acceptors (Lipinski definition) is 4. The fourth-order valence-corrected chi connectivity index (χ4v) is 3.22. The highest BCUT2D eigenvalue weighted by molar-refractivity contribution is 7.19. The molecule has 4 nitrogen and oxygen atoms in total. The quantitative estimate of drug-likeness (QED) is 0.740. The second-order valence-electron chi connectivity index (χ2n) is 4.68. The number of hydrogen-bond donors (Lipinski definition) is 0. The smallest absolute Gasteiger partial charge is 0.291 e. The molecule has 3 aromatic rings. The van der Waals surface area contributed by atoms with Gasteiger partial charge >= 0.3 is 0 Å². The van der Waals surface area contributed by atoms with Crippen LogP contribution in [-0.4, -0.2) is 22.8 Å². The summed E-state index contributed by atoms with van der Waals surface area (Å²) in [6, 6.07) is 10.3. The van der Waals surface area contributed by atoms with E-state index in [9.17, 15) is 4.79 Å². The van der Waals surface area contributed by atoms with E-state index >= 15 is 0 Å². The molecule has 0 saturated heterocycles. The van der Waals surface area contributed by atoms with Crippen molar-refractivity contribution in [2.75, 3.05) is 7.05 Å². The third kappa shape index (κ3) is 2.32. The molecule has 0 N–H and O–H groups in total. The van der Waals surface area contributed by atoms with Gasteiger partial charge in [0.05, 0.1) is 12.2 Å². The first-order valence-electron chi connectivity index (χ1n) is 6.28. The van der Waals surface area contributed by atoms with Gasteiger partial charge in [-0.25, -0.2) is 4.98 Å². The van der Waals surface area contributed by atoms with Gasteiger partial charge in [0.2, 0.25) is 5.76 Å². The van der Waals surface area contributed by atoms with Crippen molar-refractivity contribution in [2.24, 2.45) is 0 Å². The molecule has 2 heterocycles. The minimum atomic E-state index is -0.141. The van der Waals surface area contributed by atoms with Gasteiger partial charge in [-0.3, -0.25) is 4.79 Å². The maximum atomic E-state index is 12.2. The van der Waals surface area contributed by atoms with Crippen LogP contribution in [0.2, 0.25) is 0 Å². The summed E-state index contributed by atoms with van der Waals surface area (Å²) in [7, 11) is 1.77. The van der Waals surface area contributed by atoms with Crippen LogP contribution in [-0.2, 0) is 6.54 Å². The lowest BCUT2D eigenvalue weighted by atomic mass is 10.2. The second kappa shape index (κ2) is 5.09. The predicted octanol–water partition coefficient (Wildman–Crippen LogP) is 3.47. The molecule has 20 heavy (non-hydrogen) atoms. The molecule has 0 unspecified atom stereocenters. The molecule has 1 aromatic carbocycles. The minimum Gasteiger partial charge on any atom is -0.438 e. The summed E-state index contributed by atoms with van der Waals surface area (Å²) in [6.07, 6.45) is 1.30. The van der Waals surface area contributed by atoms with Crippen LogP contribution < -0.4 is 0 Å². The Hall–Kier alpha value is -2.14. The van der Waals surface area contributed by atoms with E-state index in [-0.39, 0.29) is 5.91 Å². The van der Waals surface area contributed by atoms with Gasteiger partial charge in [0.15, 0.2) is 6.39 Å². The molecule has 0 atom stereocenters. The van der Waals surface area contributed by atoms with E-state index in [1.54, 1.807) is 30.2 Å². The lowest BCUT2D eigenvalue weighted by molar-refractivity contribution is 0.0754. The molecule has 0 fully saturated rings. The summed E-state index contributed by atoms with van der Waals surface area (Å²) in [5.74, 6) is 0.172. The average molecular weight is 286 g/mol. The van der Waals surface area contributed by atoms with E-state index in [2.05, 4.69) is 23.2 Å². The molecule has 2 aromatic heterocycles. The zero-order valence-electron chi connectivity index (χ0n) is 11.3. The minimum absolute atomic E-state index is 0.141. The lowest BCUT2D eigenvalue weighted by Crippen LogP contribution is -2.26. The van der Waals surface area contributed by atoms with Crippen molar-refractivity contribution < 1.29 is 9.21 Å². The third-order valence-corrected chi connectivity index (χ3v) is 4.26. The Bertz CT molecular complexity index is 727. The monoisotopic (exact) mass is 286 g/mol. The third-order valence-electron chi connectivity index (χ3n) is 3.16. The molecule has 5 heteroatoms. The summed E-state index contributed by atoms with van der Waals surface area (Å²) < 4.78 is 6.38. The van der Waals surface area contributed by atoms with Gasteiger partial charge in [-0.2, -0.15) is 0 Å². The van der Waals surface area contributed by atoms with Gasteiger partial charge in [0.25, 0.3) is 5.91 Å². The molecule has 0 bridgehead atoms. The van der Waals surface area contributed by atoms with Crippen molar-refractivity contribution in [3.05, 3.63) is 53.1 Å². The summed E-state index contributed by atoms with van der Waals surface area (Å²) in [4.78, 5) is 19.0. The highest BCUT2D eigenvalue weighted by atomic mass is 32.1. The van der Waals surface area contributed by atoms with Gasteiger partial charge in [0.1, 0.15) is 0 Å². The molecule has 0 aliphatic heterocycles. The molecular weight excluding hydrogens is 272 g/mol. The standard InChI is InChI=1S/C15H14N2O2S/c1-10-14(19-9-16-10)15(18)17(2)8-12-7-11-5-3-4-6-13(11)20-12/h3-7,9H,8H2,1-2H3. The SMILES string of the molecule is Cc1ncoc1C(=O)N(C)Cc1cc2ccccc2s1. The summed E-state index contributed by atoms with van der Waals surface area (Å²) in [5, 5.41) is 1.21. The maximum absolute atomic E-state index is 12.2. The number of oxazole rings is 1.